The van der Waals surface area contributed by atoms with E-state index in [4.69, 9.17) is 4.42 Å². The van der Waals surface area contributed by atoms with Crippen LogP contribution < -0.4 is 10.6 Å². The molecule has 108 valence electrons. The minimum absolute atomic E-state index is 0.00274. The van der Waals surface area contributed by atoms with Crippen LogP contribution in [0, 0.1) is 5.92 Å². The first-order valence-electron chi connectivity index (χ1n) is 6.66. The quantitative estimate of drug-likeness (QED) is 0.883. The molecule has 0 bridgehead atoms. The number of benzene rings is 1. The smallest absolute Gasteiger partial charge is 0.247 e. The van der Waals surface area contributed by atoms with Crippen molar-refractivity contribution >= 4 is 17.5 Å². The van der Waals surface area contributed by atoms with Crippen molar-refractivity contribution in [3.05, 3.63) is 30.7 Å². The Bertz CT molecular complexity index is 627. The SMILES string of the molecule is O=C1CCC(C(=O)Nc2ccc(-c3nnco3)cc2)CN1. The molecule has 7 heteroatoms. The van der Waals surface area contributed by atoms with Gasteiger partial charge in [-0.1, -0.05) is 0 Å². The number of hydrogen-bond acceptors (Lipinski definition) is 5. The van der Waals surface area contributed by atoms with Crippen LogP contribution in [0.25, 0.3) is 11.5 Å². The molecule has 2 aromatic rings. The third-order valence-corrected chi connectivity index (χ3v) is 3.40. The number of carbonyl (C=O) groups excluding carboxylic acids is 2. The fourth-order valence-electron chi connectivity index (χ4n) is 2.20. The molecule has 1 saturated heterocycles. The summed E-state index contributed by atoms with van der Waals surface area (Å²) >= 11 is 0. The highest BCUT2D eigenvalue weighted by Gasteiger charge is 2.24. The monoisotopic (exact) mass is 286 g/mol. The third kappa shape index (κ3) is 3.07. The van der Waals surface area contributed by atoms with Crippen LogP contribution in [0.2, 0.25) is 0 Å². The maximum atomic E-state index is 12.1. The second kappa shape index (κ2) is 5.74. The van der Waals surface area contributed by atoms with Gasteiger partial charge in [0.25, 0.3) is 0 Å². The summed E-state index contributed by atoms with van der Waals surface area (Å²) in [5, 5.41) is 13.0. The summed E-state index contributed by atoms with van der Waals surface area (Å²) in [5.41, 5.74) is 1.48. The zero-order valence-electron chi connectivity index (χ0n) is 11.2. The van der Waals surface area contributed by atoms with Crippen molar-refractivity contribution in [2.45, 2.75) is 12.8 Å². The molecule has 1 aromatic carbocycles. The molecule has 2 heterocycles. The molecule has 2 amide bonds. The normalized spacial score (nSPS) is 18.1. The summed E-state index contributed by atoms with van der Waals surface area (Å²) in [7, 11) is 0. The molecule has 2 N–H and O–H groups in total. The zero-order valence-corrected chi connectivity index (χ0v) is 11.2. The van der Waals surface area contributed by atoms with Crippen LogP contribution in [0.5, 0.6) is 0 Å². The number of rotatable bonds is 3. The van der Waals surface area contributed by atoms with E-state index in [0.29, 0.717) is 31.0 Å². The lowest BCUT2D eigenvalue weighted by atomic mass is 9.98. The largest absolute Gasteiger partial charge is 0.423 e. The van der Waals surface area contributed by atoms with Gasteiger partial charge in [0.15, 0.2) is 0 Å². The Balaban J connectivity index is 1.62. The number of nitrogens with one attached hydrogen (secondary N) is 2. The predicted molar refractivity (Wildman–Crippen MR) is 74.1 cm³/mol. The number of amides is 2. The van der Waals surface area contributed by atoms with Crippen LogP contribution in [0.4, 0.5) is 5.69 Å². The van der Waals surface area contributed by atoms with Crippen molar-refractivity contribution in [3.8, 4) is 11.5 Å². The van der Waals surface area contributed by atoms with Crippen molar-refractivity contribution in [1.29, 1.82) is 0 Å². The lowest BCUT2D eigenvalue weighted by Crippen LogP contribution is -2.40. The molecular weight excluding hydrogens is 272 g/mol. The maximum absolute atomic E-state index is 12.1. The van der Waals surface area contributed by atoms with Gasteiger partial charge in [-0.05, 0) is 30.7 Å². The fraction of sp³-hybridized carbons (Fsp3) is 0.286. The lowest BCUT2D eigenvalue weighted by molar-refractivity contribution is -0.126. The van der Waals surface area contributed by atoms with Crippen LogP contribution in [0.3, 0.4) is 0 Å². The van der Waals surface area contributed by atoms with E-state index in [2.05, 4.69) is 20.8 Å². The number of piperidine rings is 1. The lowest BCUT2D eigenvalue weighted by Gasteiger charge is -2.21. The molecule has 1 aliphatic rings. The second-order valence-electron chi connectivity index (χ2n) is 4.85. The Morgan fingerprint density at radius 1 is 1.33 bits per heavy atom. The van der Waals surface area contributed by atoms with Gasteiger partial charge in [0, 0.05) is 24.2 Å². The molecule has 0 radical (unpaired) electrons. The standard InChI is InChI=1S/C14H14N4O3/c19-12-6-3-10(7-15-12)13(20)17-11-4-1-9(2-5-11)14-18-16-8-21-14/h1-2,4-5,8,10H,3,6-7H2,(H,15,19)(H,17,20). The Morgan fingerprint density at radius 2 is 2.14 bits per heavy atom. The van der Waals surface area contributed by atoms with E-state index in [1.54, 1.807) is 24.3 Å². The minimum atomic E-state index is -0.182. The highest BCUT2D eigenvalue weighted by molar-refractivity contribution is 5.94. The molecule has 3 rings (SSSR count). The number of nitrogens with zero attached hydrogens (tertiary/aromatic N) is 2. The molecule has 7 nitrogen and oxygen atoms in total. The van der Waals surface area contributed by atoms with Gasteiger partial charge in [0.05, 0.1) is 5.92 Å². The zero-order chi connectivity index (χ0) is 14.7. The van der Waals surface area contributed by atoms with E-state index >= 15 is 0 Å². The van der Waals surface area contributed by atoms with Crippen LogP contribution in [-0.4, -0.2) is 28.6 Å². The van der Waals surface area contributed by atoms with E-state index in [0.717, 1.165) is 5.56 Å². The van der Waals surface area contributed by atoms with E-state index in [-0.39, 0.29) is 17.7 Å². The molecule has 0 aliphatic carbocycles. The fourth-order valence-corrected chi connectivity index (χ4v) is 2.20. The Labute approximate surface area is 120 Å². The predicted octanol–water partition coefficient (Wildman–Crippen LogP) is 1.20. The number of anilines is 1. The van der Waals surface area contributed by atoms with Crippen molar-refractivity contribution in [3.63, 3.8) is 0 Å². The van der Waals surface area contributed by atoms with E-state index < -0.39 is 0 Å². The van der Waals surface area contributed by atoms with Crippen LogP contribution in [0.15, 0.2) is 35.1 Å². The van der Waals surface area contributed by atoms with E-state index in [1.165, 1.54) is 6.39 Å². The van der Waals surface area contributed by atoms with Gasteiger partial charge in [0.1, 0.15) is 0 Å². The highest BCUT2D eigenvalue weighted by atomic mass is 16.4. The molecule has 1 unspecified atom stereocenters. The summed E-state index contributed by atoms with van der Waals surface area (Å²) in [5.74, 6) is 0.171. The van der Waals surface area contributed by atoms with Crippen molar-refractivity contribution in [2.24, 2.45) is 5.92 Å². The Kier molecular flexibility index (Phi) is 3.63. The number of carbonyl (C=O) groups is 2. The van der Waals surface area contributed by atoms with Gasteiger partial charge in [-0.25, -0.2) is 0 Å². The van der Waals surface area contributed by atoms with Gasteiger partial charge < -0.3 is 15.1 Å². The molecule has 0 saturated carbocycles. The van der Waals surface area contributed by atoms with Crippen LogP contribution in [-0.2, 0) is 9.59 Å². The Morgan fingerprint density at radius 3 is 2.76 bits per heavy atom. The summed E-state index contributed by atoms with van der Waals surface area (Å²) in [6.45, 7) is 0.394. The maximum Gasteiger partial charge on any atom is 0.247 e. The summed E-state index contributed by atoms with van der Waals surface area (Å²) in [4.78, 5) is 23.2. The third-order valence-electron chi connectivity index (χ3n) is 3.40. The molecule has 0 spiro atoms. The topological polar surface area (TPSA) is 97.1 Å². The first kappa shape index (κ1) is 13.3. The molecule has 1 fully saturated rings. The van der Waals surface area contributed by atoms with Gasteiger partial charge in [0.2, 0.25) is 24.1 Å². The van der Waals surface area contributed by atoms with E-state index in [1.807, 2.05) is 0 Å². The van der Waals surface area contributed by atoms with Crippen LogP contribution in [0.1, 0.15) is 12.8 Å². The molecule has 1 aliphatic heterocycles. The molecule has 1 aromatic heterocycles. The van der Waals surface area contributed by atoms with E-state index in [9.17, 15) is 9.59 Å². The summed E-state index contributed by atoms with van der Waals surface area (Å²) in [6.07, 6.45) is 2.24. The Hall–Kier alpha value is -2.70. The average molecular weight is 286 g/mol. The van der Waals surface area contributed by atoms with Gasteiger partial charge >= 0.3 is 0 Å². The second-order valence-corrected chi connectivity index (χ2v) is 4.85. The minimum Gasteiger partial charge on any atom is -0.423 e. The summed E-state index contributed by atoms with van der Waals surface area (Å²) < 4.78 is 5.10. The molecular formula is C14H14N4O3. The van der Waals surface area contributed by atoms with Gasteiger partial charge in [-0.3, -0.25) is 9.59 Å². The average Bonchev–Trinajstić information content (AvgIpc) is 3.03. The first-order valence-corrected chi connectivity index (χ1v) is 6.66. The molecule has 1 atom stereocenters. The number of aromatic nitrogens is 2. The molecule has 21 heavy (non-hydrogen) atoms. The van der Waals surface area contributed by atoms with Gasteiger partial charge in [-0.15, -0.1) is 10.2 Å². The number of hydrogen-bond donors (Lipinski definition) is 2. The summed E-state index contributed by atoms with van der Waals surface area (Å²) in [6, 6.07) is 7.15. The van der Waals surface area contributed by atoms with Crippen molar-refractivity contribution in [1.82, 2.24) is 15.5 Å². The first-order chi connectivity index (χ1) is 10.2. The highest BCUT2D eigenvalue weighted by Crippen LogP contribution is 2.20. The van der Waals surface area contributed by atoms with Crippen molar-refractivity contribution in [2.75, 3.05) is 11.9 Å². The van der Waals surface area contributed by atoms with Crippen molar-refractivity contribution < 1.29 is 14.0 Å². The van der Waals surface area contributed by atoms with Gasteiger partial charge in [-0.2, -0.15) is 0 Å². The van der Waals surface area contributed by atoms with Crippen LogP contribution >= 0.6 is 0 Å².